The summed E-state index contributed by atoms with van der Waals surface area (Å²) in [4.78, 5) is 8.97. The van der Waals surface area contributed by atoms with Gasteiger partial charge in [0.05, 0.1) is 10.5 Å². The normalized spacial score (nSPS) is 11.2. The van der Waals surface area contributed by atoms with Gasteiger partial charge in [-0.2, -0.15) is 0 Å². The van der Waals surface area contributed by atoms with Gasteiger partial charge in [-0.3, -0.25) is 0 Å². The van der Waals surface area contributed by atoms with Crippen molar-refractivity contribution in [1.82, 2.24) is 19.6 Å². The number of halogens is 1. The predicted molar refractivity (Wildman–Crippen MR) is 78.7 cm³/mol. The molecule has 0 bridgehead atoms. The molecule has 2 aromatic heterocycles. The lowest BCUT2D eigenvalue weighted by Crippen LogP contribution is -1.90. The molecule has 4 rings (SSSR count). The second kappa shape index (κ2) is 4.28. The molecule has 0 aliphatic carbocycles. The van der Waals surface area contributed by atoms with Crippen molar-refractivity contribution in [3.8, 4) is 11.4 Å². The maximum Gasteiger partial charge on any atom is 0.183 e. The minimum atomic E-state index is 0.605. The fourth-order valence-electron chi connectivity index (χ4n) is 2.24. The van der Waals surface area contributed by atoms with Crippen molar-refractivity contribution in [2.24, 2.45) is 0 Å². The molecule has 0 atom stereocenters. The summed E-state index contributed by atoms with van der Waals surface area (Å²) in [6.45, 7) is 0. The molecular formula is C15H9ClN4. The van der Waals surface area contributed by atoms with Crippen LogP contribution in [0.15, 0.2) is 54.9 Å². The molecule has 96 valence electrons. The Morgan fingerprint density at radius 2 is 1.75 bits per heavy atom. The number of fused-ring (bicyclic) bond motifs is 3. The molecule has 2 heterocycles. The maximum absolute atomic E-state index is 6.20. The summed E-state index contributed by atoms with van der Waals surface area (Å²) >= 11 is 6.20. The fraction of sp³-hybridized carbons (Fsp3) is 0. The van der Waals surface area contributed by atoms with Gasteiger partial charge in [-0.15, -0.1) is 5.10 Å². The molecule has 0 aliphatic rings. The number of hydrogen-bond donors (Lipinski definition) is 0. The zero-order valence-electron chi connectivity index (χ0n) is 10.4. The zero-order chi connectivity index (χ0) is 13.5. The van der Waals surface area contributed by atoms with Gasteiger partial charge in [0.25, 0.3) is 0 Å². The van der Waals surface area contributed by atoms with E-state index in [0.29, 0.717) is 10.8 Å². The van der Waals surface area contributed by atoms with Crippen molar-refractivity contribution >= 4 is 28.2 Å². The van der Waals surface area contributed by atoms with E-state index in [0.717, 1.165) is 22.1 Å². The summed E-state index contributed by atoms with van der Waals surface area (Å²) < 4.78 is 1.68. The lowest BCUT2D eigenvalue weighted by molar-refractivity contribution is 0.938. The van der Waals surface area contributed by atoms with E-state index < -0.39 is 0 Å². The Kier molecular flexibility index (Phi) is 2.44. The second-order valence-electron chi connectivity index (χ2n) is 4.45. The second-order valence-corrected chi connectivity index (χ2v) is 4.85. The molecule has 0 saturated carbocycles. The molecule has 0 saturated heterocycles. The fourth-order valence-corrected chi connectivity index (χ4v) is 2.46. The molecule has 0 unspecified atom stereocenters. The third-order valence-corrected chi connectivity index (χ3v) is 3.53. The van der Waals surface area contributed by atoms with Gasteiger partial charge in [-0.25, -0.2) is 14.5 Å². The lowest BCUT2D eigenvalue weighted by Gasteiger charge is -1.96. The molecule has 0 amide bonds. The highest BCUT2D eigenvalue weighted by Gasteiger charge is 2.11. The molecule has 0 N–H and O–H groups in total. The minimum Gasteiger partial charge on any atom is -0.236 e. The molecule has 0 fully saturated rings. The van der Waals surface area contributed by atoms with E-state index in [2.05, 4.69) is 15.1 Å². The van der Waals surface area contributed by atoms with E-state index in [1.54, 1.807) is 10.8 Å². The average Bonchev–Trinajstić information content (AvgIpc) is 2.92. The van der Waals surface area contributed by atoms with E-state index in [9.17, 15) is 0 Å². The van der Waals surface area contributed by atoms with Gasteiger partial charge in [-0.05, 0) is 24.3 Å². The molecule has 0 spiro atoms. The first-order chi connectivity index (χ1) is 9.83. The van der Waals surface area contributed by atoms with Crippen molar-refractivity contribution in [2.75, 3.05) is 0 Å². The number of benzene rings is 2. The molecule has 20 heavy (non-hydrogen) atoms. The van der Waals surface area contributed by atoms with Gasteiger partial charge in [-0.1, -0.05) is 35.9 Å². The van der Waals surface area contributed by atoms with Crippen molar-refractivity contribution < 1.29 is 0 Å². The largest absolute Gasteiger partial charge is 0.236 e. The van der Waals surface area contributed by atoms with E-state index in [1.165, 1.54) is 0 Å². The van der Waals surface area contributed by atoms with E-state index >= 15 is 0 Å². The van der Waals surface area contributed by atoms with E-state index in [-0.39, 0.29) is 0 Å². The molecule has 0 aliphatic heterocycles. The Bertz CT molecular complexity index is 929. The van der Waals surface area contributed by atoms with Gasteiger partial charge in [0.2, 0.25) is 0 Å². The summed E-state index contributed by atoms with van der Waals surface area (Å²) in [6, 6.07) is 15.4. The van der Waals surface area contributed by atoms with Crippen LogP contribution in [0.3, 0.4) is 0 Å². The first-order valence-corrected chi connectivity index (χ1v) is 6.56. The topological polar surface area (TPSA) is 43.1 Å². The number of para-hydroxylation sites is 1. The quantitative estimate of drug-likeness (QED) is 0.535. The maximum atomic E-state index is 6.20. The molecule has 4 nitrogen and oxygen atoms in total. The lowest BCUT2D eigenvalue weighted by atomic mass is 10.2. The van der Waals surface area contributed by atoms with Crippen molar-refractivity contribution in [3.05, 3.63) is 59.9 Å². The van der Waals surface area contributed by atoms with Gasteiger partial charge in [0.1, 0.15) is 6.33 Å². The highest BCUT2D eigenvalue weighted by atomic mass is 35.5. The summed E-state index contributed by atoms with van der Waals surface area (Å²) in [6.07, 6.45) is 1.67. The molecule has 2 aromatic carbocycles. The van der Waals surface area contributed by atoms with Crippen LogP contribution in [-0.2, 0) is 0 Å². The highest BCUT2D eigenvalue weighted by molar-refractivity contribution is 6.33. The first-order valence-electron chi connectivity index (χ1n) is 6.18. The smallest absolute Gasteiger partial charge is 0.183 e. The Morgan fingerprint density at radius 3 is 2.65 bits per heavy atom. The Balaban J connectivity index is 2.04. The van der Waals surface area contributed by atoms with Crippen LogP contribution in [0.1, 0.15) is 0 Å². The number of rotatable bonds is 1. The standard InChI is InChI=1S/C15H9ClN4/c16-12-7-3-1-5-10(12)14-18-15-11-6-2-4-8-13(11)17-9-20(15)19-14/h1-9H. The van der Waals surface area contributed by atoms with Crippen LogP contribution in [0.25, 0.3) is 27.9 Å². The summed E-state index contributed by atoms with van der Waals surface area (Å²) in [5, 5.41) is 6.07. The van der Waals surface area contributed by atoms with Crippen molar-refractivity contribution in [3.63, 3.8) is 0 Å². The van der Waals surface area contributed by atoms with Crippen LogP contribution in [-0.4, -0.2) is 19.6 Å². The van der Waals surface area contributed by atoms with E-state index in [1.807, 2.05) is 48.5 Å². The summed E-state index contributed by atoms with van der Waals surface area (Å²) in [5.74, 6) is 0.605. The molecule has 5 heteroatoms. The summed E-state index contributed by atoms with van der Waals surface area (Å²) in [5.41, 5.74) is 2.51. The van der Waals surface area contributed by atoms with Gasteiger partial charge in [0.15, 0.2) is 11.5 Å². The molecule has 0 radical (unpaired) electrons. The van der Waals surface area contributed by atoms with Crippen molar-refractivity contribution in [1.29, 1.82) is 0 Å². The molecule has 4 aromatic rings. The average molecular weight is 281 g/mol. The van der Waals surface area contributed by atoms with Crippen LogP contribution < -0.4 is 0 Å². The van der Waals surface area contributed by atoms with Gasteiger partial charge >= 0.3 is 0 Å². The van der Waals surface area contributed by atoms with Gasteiger partial charge in [0, 0.05) is 10.9 Å². The SMILES string of the molecule is Clc1ccccc1-c1nc2c3ccccc3ncn2n1. The third-order valence-electron chi connectivity index (χ3n) is 3.20. The van der Waals surface area contributed by atoms with Crippen molar-refractivity contribution in [2.45, 2.75) is 0 Å². The Morgan fingerprint density at radius 1 is 0.950 bits per heavy atom. The van der Waals surface area contributed by atoms with Crippen LogP contribution in [0.4, 0.5) is 0 Å². The number of aromatic nitrogens is 4. The first kappa shape index (κ1) is 11.4. The third kappa shape index (κ3) is 1.66. The molecular weight excluding hydrogens is 272 g/mol. The highest BCUT2D eigenvalue weighted by Crippen LogP contribution is 2.26. The number of hydrogen-bond acceptors (Lipinski definition) is 3. The Hall–Kier alpha value is -2.46. The van der Waals surface area contributed by atoms with Crippen LogP contribution >= 0.6 is 11.6 Å². The monoisotopic (exact) mass is 280 g/mol. The zero-order valence-corrected chi connectivity index (χ0v) is 11.1. The number of nitrogens with zero attached hydrogens (tertiary/aromatic N) is 4. The predicted octanol–water partition coefficient (Wildman–Crippen LogP) is 3.60. The van der Waals surface area contributed by atoms with E-state index in [4.69, 9.17) is 11.6 Å². The van der Waals surface area contributed by atoms with Crippen LogP contribution in [0.2, 0.25) is 5.02 Å². The van der Waals surface area contributed by atoms with Gasteiger partial charge < -0.3 is 0 Å². The van der Waals surface area contributed by atoms with Crippen LogP contribution in [0, 0.1) is 0 Å². The van der Waals surface area contributed by atoms with Crippen LogP contribution in [0.5, 0.6) is 0 Å². The Labute approximate surface area is 119 Å². The minimum absolute atomic E-state index is 0.605. The summed E-state index contributed by atoms with van der Waals surface area (Å²) in [7, 11) is 0.